The van der Waals surface area contributed by atoms with Gasteiger partial charge in [0.25, 0.3) is 0 Å². The molecule has 1 heterocycles. The van der Waals surface area contributed by atoms with Crippen LogP contribution in [0.25, 0.3) is 22.1 Å². The van der Waals surface area contributed by atoms with E-state index in [9.17, 15) is 22.8 Å². The zero-order chi connectivity index (χ0) is 18.2. The van der Waals surface area contributed by atoms with E-state index in [1.165, 1.54) is 25.1 Å². The van der Waals surface area contributed by atoms with Crippen molar-refractivity contribution in [3.8, 4) is 11.1 Å². The van der Waals surface area contributed by atoms with Gasteiger partial charge in [-0.25, -0.2) is 4.79 Å². The molecule has 0 unspecified atom stereocenters. The second-order valence-electron chi connectivity index (χ2n) is 5.46. The van der Waals surface area contributed by atoms with Gasteiger partial charge < -0.3 is 9.73 Å². The first kappa shape index (κ1) is 16.8. The summed E-state index contributed by atoms with van der Waals surface area (Å²) in [5.41, 5.74) is -0.161. The highest BCUT2D eigenvalue weighted by Gasteiger charge is 2.30. The first-order valence-electron chi connectivity index (χ1n) is 7.27. The summed E-state index contributed by atoms with van der Waals surface area (Å²) in [7, 11) is 0. The van der Waals surface area contributed by atoms with Gasteiger partial charge in [-0.2, -0.15) is 13.2 Å². The molecule has 0 fully saturated rings. The Kier molecular flexibility index (Phi) is 4.08. The first-order valence-corrected chi connectivity index (χ1v) is 7.27. The van der Waals surface area contributed by atoms with E-state index in [0.717, 1.165) is 12.1 Å². The Morgan fingerprint density at radius 2 is 1.72 bits per heavy atom. The first-order chi connectivity index (χ1) is 11.7. The summed E-state index contributed by atoms with van der Waals surface area (Å²) >= 11 is 0. The molecule has 128 valence electrons. The molecule has 0 aliphatic rings. The minimum Gasteiger partial charge on any atom is -0.422 e. The molecule has 0 aliphatic heterocycles. The van der Waals surface area contributed by atoms with Gasteiger partial charge in [0.2, 0.25) is 5.91 Å². The van der Waals surface area contributed by atoms with E-state index in [4.69, 9.17) is 4.42 Å². The molecule has 25 heavy (non-hydrogen) atoms. The summed E-state index contributed by atoms with van der Waals surface area (Å²) in [4.78, 5) is 23.2. The van der Waals surface area contributed by atoms with Gasteiger partial charge >= 0.3 is 11.8 Å². The number of amides is 1. The van der Waals surface area contributed by atoms with Gasteiger partial charge in [0.05, 0.1) is 11.1 Å². The number of nitrogens with one attached hydrogen (secondary N) is 1. The van der Waals surface area contributed by atoms with Crippen LogP contribution in [-0.4, -0.2) is 5.91 Å². The Labute approximate surface area is 139 Å². The fourth-order valence-corrected chi connectivity index (χ4v) is 2.44. The predicted molar refractivity (Wildman–Crippen MR) is 87.2 cm³/mol. The van der Waals surface area contributed by atoms with Gasteiger partial charge in [-0.05, 0) is 42.0 Å². The largest absolute Gasteiger partial charge is 0.422 e. The van der Waals surface area contributed by atoms with Crippen molar-refractivity contribution in [3.05, 3.63) is 64.5 Å². The van der Waals surface area contributed by atoms with E-state index < -0.39 is 17.4 Å². The van der Waals surface area contributed by atoms with Crippen LogP contribution in [0, 0.1) is 0 Å². The minimum absolute atomic E-state index is 0.140. The maximum absolute atomic E-state index is 12.6. The molecule has 1 N–H and O–H groups in total. The Hall–Kier alpha value is -3.09. The molecule has 0 aliphatic carbocycles. The number of alkyl halides is 3. The van der Waals surface area contributed by atoms with Crippen LogP contribution in [0.5, 0.6) is 0 Å². The number of carbonyl (C=O) groups is 1. The molecule has 0 atom stereocenters. The van der Waals surface area contributed by atoms with Crippen molar-refractivity contribution < 1.29 is 22.4 Å². The number of carbonyl (C=O) groups excluding carboxylic acids is 1. The van der Waals surface area contributed by atoms with Gasteiger partial charge in [0, 0.05) is 18.0 Å². The Bertz CT molecular complexity index is 1000. The molecule has 0 radical (unpaired) electrons. The average molecular weight is 347 g/mol. The van der Waals surface area contributed by atoms with E-state index >= 15 is 0 Å². The van der Waals surface area contributed by atoms with Crippen molar-refractivity contribution in [3.63, 3.8) is 0 Å². The van der Waals surface area contributed by atoms with E-state index in [2.05, 4.69) is 5.32 Å². The van der Waals surface area contributed by atoms with Gasteiger partial charge in [-0.1, -0.05) is 12.1 Å². The van der Waals surface area contributed by atoms with Gasteiger partial charge in [0.15, 0.2) is 0 Å². The van der Waals surface area contributed by atoms with Crippen LogP contribution in [0.15, 0.2) is 57.7 Å². The highest BCUT2D eigenvalue weighted by Crippen LogP contribution is 2.31. The number of rotatable bonds is 2. The quantitative estimate of drug-likeness (QED) is 0.698. The van der Waals surface area contributed by atoms with E-state index in [-0.39, 0.29) is 11.5 Å². The van der Waals surface area contributed by atoms with Crippen molar-refractivity contribution in [1.29, 1.82) is 0 Å². The minimum atomic E-state index is -4.44. The second kappa shape index (κ2) is 6.08. The third kappa shape index (κ3) is 3.55. The standard InChI is InChI=1S/C18H12F3NO3/c1-10(23)22-14-6-7-16-12(8-14)9-15(17(24)25-16)11-2-4-13(5-3-11)18(19,20)21/h2-9H,1H3,(H,22,23). The Morgan fingerprint density at radius 1 is 1.04 bits per heavy atom. The Balaban J connectivity index is 2.07. The van der Waals surface area contributed by atoms with Crippen LogP contribution in [0.1, 0.15) is 12.5 Å². The normalized spacial score (nSPS) is 11.5. The molecule has 7 heteroatoms. The lowest BCUT2D eigenvalue weighted by Crippen LogP contribution is -2.07. The second-order valence-corrected chi connectivity index (χ2v) is 5.46. The number of hydrogen-bond donors (Lipinski definition) is 1. The molecule has 3 aromatic rings. The number of anilines is 1. The molecular weight excluding hydrogens is 335 g/mol. The third-order valence-electron chi connectivity index (χ3n) is 3.58. The lowest BCUT2D eigenvalue weighted by Gasteiger charge is -2.08. The fraction of sp³-hybridized carbons (Fsp3) is 0.111. The van der Waals surface area contributed by atoms with Crippen LogP contribution in [0.3, 0.4) is 0 Å². The molecule has 1 amide bonds. The SMILES string of the molecule is CC(=O)Nc1ccc2oc(=O)c(-c3ccc(C(F)(F)F)cc3)cc2c1. The van der Waals surface area contributed by atoms with Crippen LogP contribution in [-0.2, 0) is 11.0 Å². The van der Waals surface area contributed by atoms with Crippen LogP contribution < -0.4 is 10.9 Å². The highest BCUT2D eigenvalue weighted by atomic mass is 19.4. The zero-order valence-corrected chi connectivity index (χ0v) is 13.0. The highest BCUT2D eigenvalue weighted by molar-refractivity contribution is 5.92. The molecule has 0 saturated carbocycles. The van der Waals surface area contributed by atoms with Crippen molar-refractivity contribution in [2.45, 2.75) is 13.1 Å². The van der Waals surface area contributed by atoms with Crippen LogP contribution in [0.4, 0.5) is 18.9 Å². The fourth-order valence-electron chi connectivity index (χ4n) is 2.44. The number of benzene rings is 2. The number of halogens is 3. The molecular formula is C18H12F3NO3. The summed E-state index contributed by atoms with van der Waals surface area (Å²) in [6, 6.07) is 10.5. The lowest BCUT2D eigenvalue weighted by molar-refractivity contribution is -0.137. The average Bonchev–Trinajstić information content (AvgIpc) is 2.53. The third-order valence-corrected chi connectivity index (χ3v) is 3.58. The van der Waals surface area contributed by atoms with Crippen molar-refractivity contribution in [2.24, 2.45) is 0 Å². The van der Waals surface area contributed by atoms with Gasteiger partial charge in [0.1, 0.15) is 5.58 Å². The number of fused-ring (bicyclic) bond motifs is 1. The predicted octanol–water partition coefficient (Wildman–Crippen LogP) is 4.44. The monoisotopic (exact) mass is 347 g/mol. The summed E-state index contributed by atoms with van der Waals surface area (Å²) in [6.07, 6.45) is -4.44. The smallest absolute Gasteiger partial charge is 0.416 e. The molecule has 2 aromatic carbocycles. The van der Waals surface area contributed by atoms with Gasteiger partial charge in [-0.15, -0.1) is 0 Å². The van der Waals surface area contributed by atoms with E-state index in [0.29, 0.717) is 22.2 Å². The van der Waals surface area contributed by atoms with Crippen molar-refractivity contribution in [1.82, 2.24) is 0 Å². The topological polar surface area (TPSA) is 59.3 Å². The van der Waals surface area contributed by atoms with E-state index in [1.807, 2.05) is 0 Å². The summed E-state index contributed by atoms with van der Waals surface area (Å²) < 4.78 is 43.1. The molecule has 0 spiro atoms. The zero-order valence-electron chi connectivity index (χ0n) is 13.0. The molecule has 0 bridgehead atoms. The lowest BCUT2D eigenvalue weighted by atomic mass is 10.0. The van der Waals surface area contributed by atoms with Crippen LogP contribution >= 0.6 is 0 Å². The van der Waals surface area contributed by atoms with Gasteiger partial charge in [-0.3, -0.25) is 4.79 Å². The molecule has 1 aromatic heterocycles. The van der Waals surface area contributed by atoms with E-state index in [1.54, 1.807) is 18.2 Å². The summed E-state index contributed by atoms with van der Waals surface area (Å²) in [5, 5.41) is 3.15. The molecule has 4 nitrogen and oxygen atoms in total. The number of hydrogen-bond acceptors (Lipinski definition) is 3. The summed E-state index contributed by atoms with van der Waals surface area (Å²) in [6.45, 7) is 1.36. The van der Waals surface area contributed by atoms with Crippen molar-refractivity contribution >= 4 is 22.6 Å². The maximum atomic E-state index is 12.6. The summed E-state index contributed by atoms with van der Waals surface area (Å²) in [5.74, 6) is -0.250. The molecule has 3 rings (SSSR count). The molecule has 0 saturated heterocycles. The van der Waals surface area contributed by atoms with Crippen molar-refractivity contribution in [2.75, 3.05) is 5.32 Å². The Morgan fingerprint density at radius 3 is 2.32 bits per heavy atom. The van der Waals surface area contributed by atoms with Crippen LogP contribution in [0.2, 0.25) is 0 Å². The maximum Gasteiger partial charge on any atom is 0.416 e.